The number of thiocarbonyl (C=S) groups is 1. The van der Waals surface area contributed by atoms with Crippen LogP contribution in [0.2, 0.25) is 5.02 Å². The monoisotopic (exact) mass is 317 g/mol. The molecule has 0 heterocycles. The third kappa shape index (κ3) is 4.85. The summed E-state index contributed by atoms with van der Waals surface area (Å²) in [6.07, 6.45) is 2.49. The zero-order valence-corrected chi connectivity index (χ0v) is 13.0. The van der Waals surface area contributed by atoms with Gasteiger partial charge in [0, 0.05) is 17.1 Å². The van der Waals surface area contributed by atoms with Crippen molar-refractivity contribution in [3.05, 3.63) is 70.7 Å². The van der Waals surface area contributed by atoms with Gasteiger partial charge in [-0.1, -0.05) is 60.1 Å². The van der Waals surface area contributed by atoms with Gasteiger partial charge >= 0.3 is 0 Å². The Labute approximate surface area is 135 Å². The number of benzene rings is 2. The molecular weight excluding hydrogens is 302 g/mol. The van der Waals surface area contributed by atoms with E-state index >= 15 is 0 Å². The molecule has 2 rings (SSSR count). The first-order valence-corrected chi connectivity index (χ1v) is 7.35. The van der Waals surface area contributed by atoms with Crippen LogP contribution in [0.3, 0.4) is 0 Å². The summed E-state index contributed by atoms with van der Waals surface area (Å²) in [6, 6.07) is 17.6. The van der Waals surface area contributed by atoms with E-state index in [0.717, 1.165) is 12.0 Å². The van der Waals surface area contributed by atoms with E-state index in [-0.39, 0.29) is 5.11 Å². The number of hydrazone groups is 1. The Morgan fingerprint density at radius 2 is 1.81 bits per heavy atom. The number of nitrogens with zero attached hydrogens (tertiary/aromatic N) is 2. The molecule has 0 atom stereocenters. The third-order valence-electron chi connectivity index (χ3n) is 2.95. The minimum Gasteiger partial charge on any atom is -0.375 e. The van der Waals surface area contributed by atoms with Gasteiger partial charge in [-0.2, -0.15) is 5.10 Å². The Morgan fingerprint density at radius 3 is 2.48 bits per heavy atom. The van der Waals surface area contributed by atoms with Crippen LogP contribution in [-0.4, -0.2) is 22.9 Å². The van der Waals surface area contributed by atoms with Gasteiger partial charge in [-0.15, -0.1) is 0 Å². The fraction of sp³-hybridized carbons (Fsp3) is 0.125. The second kappa shape index (κ2) is 7.76. The first-order valence-electron chi connectivity index (χ1n) is 6.56. The third-order valence-corrected chi connectivity index (χ3v) is 3.51. The van der Waals surface area contributed by atoms with Gasteiger partial charge in [-0.25, -0.2) is 5.01 Å². The molecule has 2 aromatic rings. The van der Waals surface area contributed by atoms with Gasteiger partial charge in [-0.3, -0.25) is 0 Å². The Balaban J connectivity index is 2.03. The molecule has 0 radical (unpaired) electrons. The van der Waals surface area contributed by atoms with E-state index in [2.05, 4.69) is 17.2 Å². The molecule has 108 valence electrons. The zero-order valence-electron chi connectivity index (χ0n) is 11.4. The molecule has 0 fully saturated rings. The van der Waals surface area contributed by atoms with E-state index in [4.69, 9.17) is 29.6 Å². The summed E-state index contributed by atoms with van der Waals surface area (Å²) < 4.78 is 0. The lowest BCUT2D eigenvalue weighted by atomic mass is 10.1. The summed E-state index contributed by atoms with van der Waals surface area (Å²) in [6.45, 7) is 0.625. The molecule has 0 aromatic heterocycles. The second-order valence-electron chi connectivity index (χ2n) is 4.46. The quantitative estimate of drug-likeness (QED) is 0.521. The first kappa shape index (κ1) is 15.5. The lowest BCUT2D eigenvalue weighted by Crippen LogP contribution is -2.32. The van der Waals surface area contributed by atoms with Crippen LogP contribution in [0, 0.1) is 0 Å². The highest BCUT2D eigenvalue weighted by molar-refractivity contribution is 7.80. The molecule has 0 aliphatic carbocycles. The van der Waals surface area contributed by atoms with Crippen LogP contribution in [0.15, 0.2) is 59.7 Å². The van der Waals surface area contributed by atoms with Crippen LogP contribution in [0.4, 0.5) is 0 Å². The van der Waals surface area contributed by atoms with Gasteiger partial charge in [0.2, 0.25) is 0 Å². The highest BCUT2D eigenvalue weighted by atomic mass is 35.5. The normalized spacial score (nSPS) is 10.7. The van der Waals surface area contributed by atoms with Gasteiger partial charge in [-0.05, 0) is 30.3 Å². The predicted molar refractivity (Wildman–Crippen MR) is 92.7 cm³/mol. The number of hydrogen-bond donors (Lipinski definition) is 1. The maximum Gasteiger partial charge on any atom is 0.186 e. The molecule has 0 saturated heterocycles. The molecule has 0 bridgehead atoms. The fourth-order valence-electron chi connectivity index (χ4n) is 1.82. The van der Waals surface area contributed by atoms with Crippen molar-refractivity contribution < 1.29 is 0 Å². The highest BCUT2D eigenvalue weighted by Gasteiger charge is 2.05. The Morgan fingerprint density at radius 1 is 1.14 bits per heavy atom. The summed E-state index contributed by atoms with van der Waals surface area (Å²) >= 11 is 11.1. The molecule has 0 spiro atoms. The van der Waals surface area contributed by atoms with Gasteiger partial charge in [0.1, 0.15) is 0 Å². The van der Waals surface area contributed by atoms with E-state index in [1.54, 1.807) is 11.2 Å². The molecule has 2 aromatic carbocycles. The van der Waals surface area contributed by atoms with Crippen molar-refractivity contribution in [1.82, 2.24) is 5.01 Å². The van der Waals surface area contributed by atoms with Crippen LogP contribution < -0.4 is 5.73 Å². The van der Waals surface area contributed by atoms with Crippen molar-refractivity contribution in [3.8, 4) is 0 Å². The lowest BCUT2D eigenvalue weighted by molar-refractivity contribution is 0.455. The summed E-state index contributed by atoms with van der Waals surface area (Å²) in [5.74, 6) is 0. The van der Waals surface area contributed by atoms with Crippen molar-refractivity contribution in [3.63, 3.8) is 0 Å². The van der Waals surface area contributed by atoms with Crippen molar-refractivity contribution in [2.75, 3.05) is 6.54 Å². The average molecular weight is 318 g/mol. The number of nitrogens with two attached hydrogens (primary N) is 1. The van der Waals surface area contributed by atoms with Crippen LogP contribution in [0.5, 0.6) is 0 Å². The van der Waals surface area contributed by atoms with Gasteiger partial charge in [0.05, 0.1) is 6.21 Å². The Bertz CT molecular complexity index is 628. The van der Waals surface area contributed by atoms with E-state index in [0.29, 0.717) is 11.6 Å². The van der Waals surface area contributed by atoms with Gasteiger partial charge < -0.3 is 5.73 Å². The van der Waals surface area contributed by atoms with E-state index in [1.165, 1.54) is 5.56 Å². The molecule has 0 saturated carbocycles. The van der Waals surface area contributed by atoms with Crippen molar-refractivity contribution in [2.24, 2.45) is 10.8 Å². The molecule has 0 amide bonds. The molecule has 21 heavy (non-hydrogen) atoms. The van der Waals surface area contributed by atoms with E-state index < -0.39 is 0 Å². The zero-order chi connectivity index (χ0) is 15.1. The second-order valence-corrected chi connectivity index (χ2v) is 5.29. The van der Waals surface area contributed by atoms with E-state index in [1.807, 2.05) is 42.5 Å². The maximum atomic E-state index is 6.09. The summed E-state index contributed by atoms with van der Waals surface area (Å²) in [5, 5.41) is 6.82. The molecule has 5 heteroatoms. The maximum absolute atomic E-state index is 6.09. The van der Waals surface area contributed by atoms with Crippen LogP contribution in [0.1, 0.15) is 11.1 Å². The van der Waals surface area contributed by atoms with Crippen LogP contribution in [-0.2, 0) is 6.42 Å². The minimum atomic E-state index is 0.245. The fourth-order valence-corrected chi connectivity index (χ4v) is 2.14. The smallest absolute Gasteiger partial charge is 0.186 e. The van der Waals surface area contributed by atoms with Crippen LogP contribution in [0.25, 0.3) is 0 Å². The average Bonchev–Trinajstić information content (AvgIpc) is 2.49. The number of rotatable bonds is 5. The topological polar surface area (TPSA) is 41.6 Å². The molecule has 0 unspecified atom stereocenters. The molecule has 3 nitrogen and oxygen atoms in total. The van der Waals surface area contributed by atoms with Crippen molar-refractivity contribution in [2.45, 2.75) is 6.42 Å². The molecular formula is C16H16ClN3S. The first-order chi connectivity index (χ1) is 10.2. The van der Waals surface area contributed by atoms with Crippen molar-refractivity contribution in [1.29, 1.82) is 0 Å². The number of halogens is 1. The van der Waals surface area contributed by atoms with Crippen molar-refractivity contribution >= 4 is 35.1 Å². The Kier molecular flexibility index (Phi) is 5.72. The molecule has 0 aliphatic heterocycles. The van der Waals surface area contributed by atoms with E-state index in [9.17, 15) is 0 Å². The minimum absolute atomic E-state index is 0.245. The Hall–Kier alpha value is -1.91. The summed E-state index contributed by atoms with van der Waals surface area (Å²) in [7, 11) is 0. The standard InChI is InChI=1S/C16H16ClN3S/c17-15-9-5-4-8-14(15)12-19-20(16(18)21)11-10-13-6-2-1-3-7-13/h1-9,12H,10-11H2,(H2,18,21)/b19-12+. The number of hydrogen-bond acceptors (Lipinski definition) is 2. The SMILES string of the molecule is NC(=S)N(CCc1ccccc1)/N=C/c1ccccc1Cl. The summed E-state index contributed by atoms with van der Waals surface area (Å²) in [5.41, 5.74) is 7.76. The summed E-state index contributed by atoms with van der Waals surface area (Å²) in [4.78, 5) is 0. The molecule has 0 aliphatic rings. The van der Waals surface area contributed by atoms with Gasteiger partial charge in [0.15, 0.2) is 5.11 Å². The highest BCUT2D eigenvalue weighted by Crippen LogP contribution is 2.12. The van der Waals surface area contributed by atoms with Gasteiger partial charge in [0.25, 0.3) is 0 Å². The predicted octanol–water partition coefficient (Wildman–Crippen LogP) is 3.46. The lowest BCUT2D eigenvalue weighted by Gasteiger charge is -2.16. The molecule has 2 N–H and O–H groups in total. The largest absolute Gasteiger partial charge is 0.375 e. The van der Waals surface area contributed by atoms with Crippen LogP contribution >= 0.6 is 23.8 Å².